The summed E-state index contributed by atoms with van der Waals surface area (Å²) in [5.41, 5.74) is 6.65. The van der Waals surface area contributed by atoms with E-state index in [1.165, 1.54) is 6.07 Å². The third-order valence-electron chi connectivity index (χ3n) is 2.79. The van der Waals surface area contributed by atoms with Gasteiger partial charge in [-0.1, -0.05) is 20.8 Å². The van der Waals surface area contributed by atoms with Crippen molar-refractivity contribution in [3.63, 3.8) is 0 Å². The Morgan fingerprint density at radius 3 is 2.40 bits per heavy atom. The van der Waals surface area contributed by atoms with Crippen LogP contribution >= 0.6 is 15.9 Å². The lowest BCUT2D eigenvalue weighted by molar-refractivity contribution is 0.504. The quantitative estimate of drug-likeness (QED) is 0.795. The molecule has 0 bridgehead atoms. The second kappa shape index (κ2) is 5.09. The molecule has 0 radical (unpaired) electrons. The predicted octanol–water partition coefficient (Wildman–Crippen LogP) is 4.06. The average Bonchev–Trinajstić information content (AvgIpc) is 2.34. The Hall–Kier alpha value is -1.56. The van der Waals surface area contributed by atoms with Gasteiger partial charge in [-0.25, -0.2) is 18.7 Å². The zero-order chi connectivity index (χ0) is 15.1. The summed E-state index contributed by atoms with van der Waals surface area (Å²) >= 11 is 3.03. The number of nitrogen functional groups attached to an aromatic ring is 1. The first-order chi connectivity index (χ1) is 9.20. The number of halogens is 3. The molecule has 0 unspecified atom stereocenters. The second-order valence-corrected chi connectivity index (χ2v) is 6.27. The lowest BCUT2D eigenvalue weighted by Gasteiger charge is -2.19. The fourth-order valence-electron chi connectivity index (χ4n) is 1.67. The van der Waals surface area contributed by atoms with Gasteiger partial charge in [0, 0.05) is 17.0 Å². The van der Waals surface area contributed by atoms with Crippen LogP contribution in [0, 0.1) is 11.6 Å². The van der Waals surface area contributed by atoms with Crippen molar-refractivity contribution < 1.29 is 8.78 Å². The zero-order valence-electron chi connectivity index (χ0n) is 11.3. The largest absolute Gasteiger partial charge is 0.384 e. The van der Waals surface area contributed by atoms with Crippen molar-refractivity contribution in [2.75, 3.05) is 5.73 Å². The summed E-state index contributed by atoms with van der Waals surface area (Å²) in [7, 11) is 0. The van der Waals surface area contributed by atoms with Crippen LogP contribution < -0.4 is 5.73 Å². The molecular weight excluding hydrogens is 328 g/mol. The van der Waals surface area contributed by atoms with Crippen LogP contribution in [0.1, 0.15) is 26.5 Å². The molecule has 2 N–H and O–H groups in total. The van der Waals surface area contributed by atoms with Gasteiger partial charge < -0.3 is 5.73 Å². The molecule has 3 nitrogen and oxygen atoms in total. The summed E-state index contributed by atoms with van der Waals surface area (Å²) in [6.07, 6.45) is 0. The van der Waals surface area contributed by atoms with E-state index in [1.807, 2.05) is 20.8 Å². The molecule has 20 heavy (non-hydrogen) atoms. The summed E-state index contributed by atoms with van der Waals surface area (Å²) in [5, 5.41) is 0. The normalized spacial score (nSPS) is 11.7. The Morgan fingerprint density at radius 1 is 1.15 bits per heavy atom. The molecular formula is C14H14BrF2N3. The van der Waals surface area contributed by atoms with Crippen LogP contribution in [0.5, 0.6) is 0 Å². The van der Waals surface area contributed by atoms with E-state index < -0.39 is 11.6 Å². The van der Waals surface area contributed by atoms with Crippen molar-refractivity contribution >= 4 is 21.7 Å². The molecule has 0 spiro atoms. The number of nitrogens with zero attached hydrogens (tertiary/aromatic N) is 2. The highest BCUT2D eigenvalue weighted by Gasteiger charge is 2.20. The van der Waals surface area contributed by atoms with Crippen molar-refractivity contribution in [3.05, 3.63) is 40.0 Å². The van der Waals surface area contributed by atoms with E-state index in [0.717, 1.165) is 11.8 Å². The average molecular weight is 342 g/mol. The lowest BCUT2D eigenvalue weighted by atomic mass is 9.92. The third kappa shape index (κ3) is 2.80. The molecule has 0 atom stereocenters. The Bertz CT molecular complexity index is 666. The van der Waals surface area contributed by atoms with E-state index in [9.17, 15) is 8.78 Å². The Balaban J connectivity index is 2.65. The number of aromatic nitrogens is 2. The number of nitrogens with two attached hydrogens (primary N) is 1. The van der Waals surface area contributed by atoms with Crippen molar-refractivity contribution in [1.82, 2.24) is 9.97 Å². The van der Waals surface area contributed by atoms with E-state index >= 15 is 0 Å². The first-order valence-electron chi connectivity index (χ1n) is 5.99. The summed E-state index contributed by atoms with van der Waals surface area (Å²) in [4.78, 5) is 8.49. The maximum Gasteiger partial charge on any atom is 0.173 e. The number of hydrogen-bond acceptors (Lipinski definition) is 3. The Kier molecular flexibility index (Phi) is 3.77. The minimum Gasteiger partial charge on any atom is -0.384 e. The molecule has 0 fully saturated rings. The predicted molar refractivity (Wildman–Crippen MR) is 78.2 cm³/mol. The smallest absolute Gasteiger partial charge is 0.173 e. The van der Waals surface area contributed by atoms with E-state index in [-0.39, 0.29) is 21.5 Å². The molecule has 1 aromatic carbocycles. The second-order valence-electron chi connectivity index (χ2n) is 5.47. The first-order valence-corrected chi connectivity index (χ1v) is 6.78. The fraction of sp³-hybridized carbons (Fsp3) is 0.286. The molecule has 0 amide bonds. The molecule has 0 aliphatic heterocycles. The van der Waals surface area contributed by atoms with Crippen molar-refractivity contribution in [3.8, 4) is 11.4 Å². The highest BCUT2D eigenvalue weighted by atomic mass is 79.9. The summed E-state index contributed by atoms with van der Waals surface area (Å²) in [5.74, 6) is -1.34. The zero-order valence-corrected chi connectivity index (χ0v) is 12.9. The summed E-state index contributed by atoms with van der Waals surface area (Å²) in [6.45, 7) is 5.95. The fourth-order valence-corrected chi connectivity index (χ4v) is 2.17. The van der Waals surface area contributed by atoms with E-state index in [2.05, 4.69) is 25.9 Å². The van der Waals surface area contributed by atoms with Crippen LogP contribution in [0.2, 0.25) is 0 Å². The van der Waals surface area contributed by atoms with Gasteiger partial charge in [-0.05, 0) is 28.1 Å². The van der Waals surface area contributed by atoms with Gasteiger partial charge in [0.2, 0.25) is 0 Å². The van der Waals surface area contributed by atoms with Crippen molar-refractivity contribution in [2.24, 2.45) is 0 Å². The van der Waals surface area contributed by atoms with Gasteiger partial charge >= 0.3 is 0 Å². The monoisotopic (exact) mass is 341 g/mol. The topological polar surface area (TPSA) is 51.8 Å². The van der Waals surface area contributed by atoms with E-state index in [1.54, 1.807) is 6.07 Å². The van der Waals surface area contributed by atoms with Gasteiger partial charge in [0.15, 0.2) is 17.5 Å². The SMILES string of the molecule is CC(C)(C)c1cc(N)nc(-c2ccc(F)c(F)c2Br)n1. The summed E-state index contributed by atoms with van der Waals surface area (Å²) in [6, 6.07) is 4.14. The highest BCUT2D eigenvalue weighted by Crippen LogP contribution is 2.31. The molecule has 6 heteroatoms. The van der Waals surface area contributed by atoms with Gasteiger partial charge in [-0.2, -0.15) is 0 Å². The van der Waals surface area contributed by atoms with Crippen molar-refractivity contribution in [2.45, 2.75) is 26.2 Å². The number of hydrogen-bond donors (Lipinski definition) is 1. The first kappa shape index (κ1) is 14.8. The van der Waals surface area contributed by atoms with Gasteiger partial charge in [0.25, 0.3) is 0 Å². The number of rotatable bonds is 1. The molecule has 0 saturated carbocycles. The number of benzene rings is 1. The maximum absolute atomic E-state index is 13.6. The Labute approximate surface area is 124 Å². The van der Waals surface area contributed by atoms with E-state index in [4.69, 9.17) is 5.73 Å². The maximum atomic E-state index is 13.6. The minimum atomic E-state index is -0.967. The lowest BCUT2D eigenvalue weighted by Crippen LogP contribution is -2.15. The van der Waals surface area contributed by atoms with Crippen LogP contribution in [0.15, 0.2) is 22.7 Å². The van der Waals surface area contributed by atoms with Gasteiger partial charge in [-0.3, -0.25) is 0 Å². The highest BCUT2D eigenvalue weighted by molar-refractivity contribution is 9.10. The van der Waals surface area contributed by atoms with Crippen molar-refractivity contribution in [1.29, 1.82) is 0 Å². The molecule has 1 heterocycles. The van der Waals surface area contributed by atoms with Gasteiger partial charge in [0.1, 0.15) is 5.82 Å². The molecule has 0 saturated heterocycles. The molecule has 106 valence electrons. The van der Waals surface area contributed by atoms with Crippen LogP contribution in [0.4, 0.5) is 14.6 Å². The van der Waals surface area contributed by atoms with Crippen LogP contribution in [0.3, 0.4) is 0 Å². The standard InChI is InChI=1S/C14H14BrF2N3/c1-14(2,3)9-6-10(18)20-13(19-9)7-4-5-8(16)12(17)11(7)15/h4-6H,1-3H3,(H2,18,19,20). The van der Waals surface area contributed by atoms with Crippen LogP contribution in [0.25, 0.3) is 11.4 Å². The summed E-state index contributed by atoms with van der Waals surface area (Å²) < 4.78 is 26.7. The minimum absolute atomic E-state index is 0.0111. The van der Waals surface area contributed by atoms with Gasteiger partial charge in [0.05, 0.1) is 10.2 Å². The molecule has 0 aliphatic rings. The molecule has 2 rings (SSSR count). The number of anilines is 1. The molecule has 0 aliphatic carbocycles. The molecule has 2 aromatic rings. The van der Waals surface area contributed by atoms with Gasteiger partial charge in [-0.15, -0.1) is 0 Å². The van der Waals surface area contributed by atoms with Crippen LogP contribution in [-0.2, 0) is 5.41 Å². The molecule has 1 aromatic heterocycles. The van der Waals surface area contributed by atoms with Crippen LogP contribution in [-0.4, -0.2) is 9.97 Å². The van der Waals surface area contributed by atoms with E-state index in [0.29, 0.717) is 5.56 Å². The Morgan fingerprint density at radius 2 is 1.80 bits per heavy atom. The third-order valence-corrected chi connectivity index (χ3v) is 3.57.